The molecule has 1 aromatic carbocycles. The van der Waals surface area contributed by atoms with Crippen LogP contribution in [0.1, 0.15) is 20.8 Å². The molecule has 0 bridgehead atoms. The molecule has 0 radical (unpaired) electrons. The van der Waals surface area contributed by atoms with Crippen molar-refractivity contribution in [1.29, 1.82) is 0 Å². The zero-order chi connectivity index (χ0) is 11.7. The van der Waals surface area contributed by atoms with Crippen LogP contribution in [0.3, 0.4) is 0 Å². The van der Waals surface area contributed by atoms with Crippen LogP contribution in [0, 0.1) is 6.92 Å². The average Bonchev–Trinajstić information content (AvgIpc) is 2.60. The lowest BCUT2D eigenvalue weighted by molar-refractivity contribution is 0.104. The molecule has 0 unspecified atom stereocenters. The highest BCUT2D eigenvalue weighted by Crippen LogP contribution is 2.30. The van der Waals surface area contributed by atoms with Crippen molar-refractivity contribution in [2.45, 2.75) is 6.92 Å². The van der Waals surface area contributed by atoms with Gasteiger partial charge in [-0.25, -0.2) is 0 Å². The van der Waals surface area contributed by atoms with Gasteiger partial charge in [-0.15, -0.1) is 11.3 Å². The predicted molar refractivity (Wildman–Crippen MR) is 69.0 cm³/mol. The van der Waals surface area contributed by atoms with Crippen molar-refractivity contribution in [3.8, 4) is 0 Å². The van der Waals surface area contributed by atoms with E-state index in [0.717, 1.165) is 5.56 Å². The minimum atomic E-state index is -0.117. The van der Waals surface area contributed by atoms with Crippen LogP contribution >= 0.6 is 34.5 Å². The van der Waals surface area contributed by atoms with Crippen molar-refractivity contribution in [1.82, 2.24) is 0 Å². The number of hydrogen-bond acceptors (Lipinski definition) is 2. The molecule has 0 aliphatic rings. The molecule has 2 aromatic rings. The van der Waals surface area contributed by atoms with Gasteiger partial charge in [-0.1, -0.05) is 35.3 Å². The lowest BCUT2D eigenvalue weighted by Crippen LogP contribution is -2.00. The summed E-state index contributed by atoms with van der Waals surface area (Å²) in [4.78, 5) is 12.7. The number of thiophene rings is 1. The number of aryl methyl sites for hydroxylation is 1. The lowest BCUT2D eigenvalue weighted by atomic mass is 10.1. The summed E-state index contributed by atoms with van der Waals surface area (Å²) in [5.41, 5.74) is 1.41. The molecule has 0 N–H and O–H groups in total. The first-order chi connectivity index (χ1) is 7.61. The number of rotatable bonds is 2. The average molecular weight is 271 g/mol. The van der Waals surface area contributed by atoms with E-state index in [2.05, 4.69) is 0 Å². The van der Waals surface area contributed by atoms with E-state index in [1.165, 1.54) is 11.3 Å². The minimum absolute atomic E-state index is 0.117. The third-order valence-corrected chi connectivity index (χ3v) is 4.25. The van der Waals surface area contributed by atoms with Crippen LogP contribution in [0.25, 0.3) is 0 Å². The highest BCUT2D eigenvalue weighted by atomic mass is 35.5. The summed E-state index contributed by atoms with van der Waals surface area (Å²) >= 11 is 13.4. The number of carbonyl (C=O) groups excluding carboxylic acids is 1. The molecule has 1 aromatic heterocycles. The van der Waals surface area contributed by atoms with Gasteiger partial charge in [0.05, 0.1) is 14.9 Å². The summed E-state index contributed by atoms with van der Waals surface area (Å²) in [5, 5.41) is 2.84. The van der Waals surface area contributed by atoms with Gasteiger partial charge in [0.15, 0.2) is 0 Å². The first kappa shape index (κ1) is 11.6. The van der Waals surface area contributed by atoms with Gasteiger partial charge in [0.2, 0.25) is 5.78 Å². The second-order valence-corrected chi connectivity index (χ2v) is 5.04. The molecule has 0 amide bonds. The van der Waals surface area contributed by atoms with Crippen molar-refractivity contribution in [3.63, 3.8) is 0 Å². The summed E-state index contributed by atoms with van der Waals surface area (Å²) in [6.07, 6.45) is 0. The van der Waals surface area contributed by atoms with Crippen LogP contribution in [-0.4, -0.2) is 5.78 Å². The van der Waals surface area contributed by atoms with Gasteiger partial charge in [-0.3, -0.25) is 4.79 Å². The van der Waals surface area contributed by atoms with Crippen LogP contribution in [0.2, 0.25) is 10.0 Å². The van der Waals surface area contributed by atoms with Gasteiger partial charge in [-0.05, 0) is 30.0 Å². The maximum absolute atomic E-state index is 12.1. The van der Waals surface area contributed by atoms with Gasteiger partial charge in [0.25, 0.3) is 0 Å². The van der Waals surface area contributed by atoms with E-state index in [-0.39, 0.29) is 5.78 Å². The molecule has 0 saturated heterocycles. The van der Waals surface area contributed by atoms with Gasteiger partial charge in [-0.2, -0.15) is 0 Å². The molecule has 0 aliphatic heterocycles. The summed E-state index contributed by atoms with van der Waals surface area (Å²) in [7, 11) is 0. The maximum Gasteiger partial charge on any atom is 0.205 e. The Labute approximate surface area is 108 Å². The molecule has 82 valence electrons. The maximum atomic E-state index is 12.1. The fraction of sp³-hybridized carbons (Fsp3) is 0.0833. The third kappa shape index (κ3) is 2.01. The first-order valence-corrected chi connectivity index (χ1v) is 6.27. The normalized spacial score (nSPS) is 10.4. The van der Waals surface area contributed by atoms with Crippen LogP contribution in [0.4, 0.5) is 0 Å². The molecule has 0 spiro atoms. The highest BCUT2D eigenvalue weighted by Gasteiger charge is 2.18. The molecule has 1 heterocycles. The first-order valence-electron chi connectivity index (χ1n) is 4.64. The minimum Gasteiger partial charge on any atom is -0.288 e. The van der Waals surface area contributed by atoms with Crippen LogP contribution in [-0.2, 0) is 0 Å². The highest BCUT2D eigenvalue weighted by molar-refractivity contribution is 7.13. The summed E-state index contributed by atoms with van der Waals surface area (Å²) in [5.74, 6) is -0.117. The summed E-state index contributed by atoms with van der Waals surface area (Å²) in [6, 6.07) is 6.98. The van der Waals surface area contributed by atoms with Gasteiger partial charge in [0, 0.05) is 5.56 Å². The quantitative estimate of drug-likeness (QED) is 0.730. The molecule has 1 nitrogen and oxygen atoms in total. The molecular formula is C12H8Cl2OS. The Bertz CT molecular complexity index is 546. The Hall–Kier alpha value is -0.830. The van der Waals surface area contributed by atoms with Crippen LogP contribution in [0.5, 0.6) is 0 Å². The Morgan fingerprint density at radius 3 is 2.50 bits per heavy atom. The molecular weight excluding hydrogens is 263 g/mol. The second-order valence-electron chi connectivity index (χ2n) is 3.37. The Balaban J connectivity index is 2.48. The standard InChI is InChI=1S/C12H8Cl2OS/c1-7-6-16-12(10(7)14)11(15)8-4-2-3-5-9(8)13/h2-6H,1H3. The molecule has 0 atom stereocenters. The summed E-state index contributed by atoms with van der Waals surface area (Å²) in [6.45, 7) is 1.88. The van der Waals surface area contributed by atoms with Gasteiger partial charge >= 0.3 is 0 Å². The van der Waals surface area contributed by atoms with E-state index in [1.807, 2.05) is 12.3 Å². The number of benzene rings is 1. The van der Waals surface area contributed by atoms with Crippen molar-refractivity contribution in [2.24, 2.45) is 0 Å². The van der Waals surface area contributed by atoms with E-state index in [9.17, 15) is 4.79 Å². The van der Waals surface area contributed by atoms with Crippen molar-refractivity contribution in [2.75, 3.05) is 0 Å². The third-order valence-electron chi connectivity index (χ3n) is 2.22. The van der Waals surface area contributed by atoms with Gasteiger partial charge in [0.1, 0.15) is 0 Å². The Kier molecular flexibility index (Phi) is 3.33. The van der Waals surface area contributed by atoms with Gasteiger partial charge < -0.3 is 0 Å². The SMILES string of the molecule is Cc1csc(C(=O)c2ccccc2Cl)c1Cl. The van der Waals surface area contributed by atoms with Crippen LogP contribution in [0.15, 0.2) is 29.6 Å². The molecule has 0 aliphatic carbocycles. The largest absolute Gasteiger partial charge is 0.288 e. The zero-order valence-corrected chi connectivity index (χ0v) is 10.8. The van der Waals surface area contributed by atoms with Crippen LogP contribution < -0.4 is 0 Å². The lowest BCUT2D eigenvalue weighted by Gasteiger charge is -2.01. The van der Waals surface area contributed by atoms with E-state index in [4.69, 9.17) is 23.2 Å². The van der Waals surface area contributed by atoms with E-state index >= 15 is 0 Å². The fourth-order valence-corrected chi connectivity index (χ4v) is 2.80. The second kappa shape index (κ2) is 4.58. The van der Waals surface area contributed by atoms with Crippen molar-refractivity contribution >= 4 is 40.3 Å². The van der Waals surface area contributed by atoms with Crippen molar-refractivity contribution in [3.05, 3.63) is 55.7 Å². The van der Waals surface area contributed by atoms with E-state index in [0.29, 0.717) is 20.5 Å². The molecule has 16 heavy (non-hydrogen) atoms. The monoisotopic (exact) mass is 270 g/mol. The molecule has 0 saturated carbocycles. The van der Waals surface area contributed by atoms with Crippen molar-refractivity contribution < 1.29 is 4.79 Å². The van der Waals surface area contributed by atoms with E-state index in [1.54, 1.807) is 24.3 Å². The zero-order valence-electron chi connectivity index (χ0n) is 8.46. The Morgan fingerprint density at radius 1 is 1.25 bits per heavy atom. The molecule has 4 heteroatoms. The topological polar surface area (TPSA) is 17.1 Å². The predicted octanol–water partition coefficient (Wildman–Crippen LogP) is 4.59. The fourth-order valence-electron chi connectivity index (χ4n) is 1.35. The number of ketones is 1. The smallest absolute Gasteiger partial charge is 0.205 e. The summed E-state index contributed by atoms with van der Waals surface area (Å²) < 4.78 is 0. The molecule has 2 rings (SSSR count). The molecule has 0 fully saturated rings. The number of carbonyl (C=O) groups is 1. The number of halogens is 2. The Morgan fingerprint density at radius 2 is 1.94 bits per heavy atom. The number of hydrogen-bond donors (Lipinski definition) is 0. The van der Waals surface area contributed by atoms with E-state index < -0.39 is 0 Å².